The number of halogens is 6. The number of anilines is 1. The van der Waals surface area contributed by atoms with Gasteiger partial charge in [0.1, 0.15) is 12.4 Å². The smallest absolute Gasteiger partial charge is 0.204 e. The van der Waals surface area contributed by atoms with Crippen LogP contribution >= 0.6 is 69.6 Å². The van der Waals surface area contributed by atoms with E-state index in [-0.39, 0.29) is 5.82 Å². The summed E-state index contributed by atoms with van der Waals surface area (Å²) in [5.41, 5.74) is 16.7. The van der Waals surface area contributed by atoms with Crippen molar-refractivity contribution in [3.63, 3.8) is 0 Å². The maximum Gasteiger partial charge on any atom is 0.204 e. The summed E-state index contributed by atoms with van der Waals surface area (Å²) < 4.78 is 20.0. The van der Waals surface area contributed by atoms with Crippen LogP contribution in [0.15, 0.2) is 135 Å². The fourth-order valence-electron chi connectivity index (χ4n) is 8.23. The first-order valence-corrected chi connectivity index (χ1v) is 25.1. The number of aromatic nitrogens is 16. The van der Waals surface area contributed by atoms with Crippen molar-refractivity contribution >= 4 is 120 Å². The van der Waals surface area contributed by atoms with Crippen molar-refractivity contribution < 1.29 is 13.9 Å². The number of tetrazole rings is 1. The minimum atomic E-state index is 0.141. The zero-order valence-electron chi connectivity index (χ0n) is 39.8. The Hall–Kier alpha value is -9.26. The molecule has 0 aliphatic rings. The number of nitrogens with two attached hydrogens (primary N) is 1. The van der Waals surface area contributed by atoms with Crippen molar-refractivity contribution in [2.45, 2.75) is 19.6 Å². The third-order valence-electron chi connectivity index (χ3n) is 12.0. The van der Waals surface area contributed by atoms with Gasteiger partial charge in [0.15, 0.2) is 51.7 Å². The van der Waals surface area contributed by atoms with Crippen molar-refractivity contribution in [1.29, 1.82) is 0 Å². The lowest BCUT2D eigenvalue weighted by atomic mass is 10.1. The molecule has 0 aliphatic carbocycles. The van der Waals surface area contributed by atoms with Gasteiger partial charge in [-0.05, 0) is 78.9 Å². The Balaban J connectivity index is 0.000000126. The highest BCUT2D eigenvalue weighted by molar-refractivity contribution is 6.44. The molecule has 13 rings (SSSR count). The van der Waals surface area contributed by atoms with Crippen molar-refractivity contribution in [2.24, 2.45) is 0 Å². The summed E-state index contributed by atoms with van der Waals surface area (Å²) in [5.74, 6) is 2.38. The van der Waals surface area contributed by atoms with Crippen LogP contribution in [-0.2, 0) is 19.6 Å². The number of H-pyrrole nitrogens is 1. The molecule has 7 heterocycles. The maximum absolute atomic E-state index is 7.06. The minimum Gasteiger partial charge on any atom is -0.379 e. The molecular weight excluding hydrogens is 1140 g/mol. The van der Waals surface area contributed by atoms with E-state index in [0.29, 0.717) is 118 Å². The molecule has 0 aliphatic heterocycles. The lowest BCUT2D eigenvalue weighted by Gasteiger charge is -2.09. The molecule has 0 atom stereocenters. The van der Waals surface area contributed by atoms with Crippen LogP contribution in [0, 0.1) is 13.1 Å². The lowest BCUT2D eigenvalue weighted by molar-refractivity contribution is 0.308. The first-order chi connectivity index (χ1) is 38.4. The molecule has 0 unspecified atom stereocenters. The summed E-state index contributed by atoms with van der Waals surface area (Å²) >= 11 is 37.0. The molecule has 0 radical (unpaired) electrons. The summed E-state index contributed by atoms with van der Waals surface area (Å²) in [7, 11) is 0. The molecule has 13 aromatic rings. The van der Waals surface area contributed by atoms with Gasteiger partial charge in [-0.2, -0.15) is 5.21 Å². The molecule has 0 saturated heterocycles. The molecule has 7 aromatic heterocycles. The Morgan fingerprint density at radius 1 is 0.494 bits per heavy atom. The van der Waals surface area contributed by atoms with Crippen LogP contribution in [0.1, 0.15) is 16.7 Å². The number of nitrogens with one attached hydrogen (secondary N) is 1. The van der Waals surface area contributed by atoms with E-state index in [1.54, 1.807) is 60.7 Å². The molecule has 0 bridgehead atoms. The molecule has 0 spiro atoms. The first-order valence-electron chi connectivity index (χ1n) is 22.9. The zero-order valence-corrected chi connectivity index (χ0v) is 44.4. The van der Waals surface area contributed by atoms with Crippen molar-refractivity contribution in [3.8, 4) is 45.9 Å². The summed E-state index contributed by atoms with van der Waals surface area (Å²) in [6.07, 6.45) is 3.02. The van der Waals surface area contributed by atoms with Gasteiger partial charge in [0.25, 0.3) is 0 Å². The molecule has 0 fully saturated rings. The largest absolute Gasteiger partial charge is 0.379 e. The summed E-state index contributed by atoms with van der Waals surface area (Å²) in [4.78, 5) is 20.6. The highest BCUT2D eigenvalue weighted by Crippen LogP contribution is 2.36. The Morgan fingerprint density at radius 3 is 1.27 bits per heavy atom. The summed E-state index contributed by atoms with van der Waals surface area (Å²) in [6, 6.07) is 32.9. The van der Waals surface area contributed by atoms with E-state index < -0.39 is 0 Å². The third kappa shape index (κ3) is 10.9. The van der Waals surface area contributed by atoms with Crippen LogP contribution in [-0.4, -0.2) is 80.2 Å². The second-order valence-corrected chi connectivity index (χ2v) is 19.3. The second-order valence-electron chi connectivity index (χ2n) is 16.9. The van der Waals surface area contributed by atoms with Gasteiger partial charge in [0.2, 0.25) is 5.82 Å². The Kier molecular flexibility index (Phi) is 14.7. The number of nitrogen functional groups attached to an aromatic ring is 1. The predicted octanol–water partition coefficient (Wildman–Crippen LogP) is 13.2. The van der Waals surface area contributed by atoms with E-state index in [1.807, 2.05) is 62.2 Å². The summed E-state index contributed by atoms with van der Waals surface area (Å²) in [5, 5.41) is 39.2. The number of nitrogens with zero attached hydrogens (tertiary/aromatic N) is 17. The monoisotopic (exact) mass is 1170 g/mol. The Bertz CT molecular complexity index is 4390. The van der Waals surface area contributed by atoms with Gasteiger partial charge in [0.05, 0.1) is 76.4 Å². The number of rotatable bonds is 10. The number of hydrogen-bond donors (Lipinski definition) is 2. The third-order valence-corrected chi connectivity index (χ3v) is 14.2. The Labute approximate surface area is 473 Å². The number of hydrogen-bond acceptors (Lipinski definition) is 16. The Morgan fingerprint density at radius 2 is 0.899 bits per heavy atom. The van der Waals surface area contributed by atoms with Gasteiger partial charge >= 0.3 is 0 Å². The molecule has 79 heavy (non-hydrogen) atoms. The van der Waals surface area contributed by atoms with Crippen molar-refractivity contribution in [2.75, 3.05) is 5.73 Å². The highest BCUT2D eigenvalue weighted by Gasteiger charge is 2.22. The minimum absolute atomic E-state index is 0.141. The highest BCUT2D eigenvalue weighted by atomic mass is 35.5. The van der Waals surface area contributed by atoms with Gasteiger partial charge in [-0.1, -0.05) is 153 Å². The SMILES string of the molecule is Clc1cc2nc(-c3cnon3)n(Cc3ccc(-c4nn[nH]n4)cc3)c2cc1Cl.[C-]#[N+]c1ccc(Cn2c(-c3cnon3)nc3cc(Cl)c(Cl)cc32)cc1.[C-]#[N+]c1ccc(Cn2c(-c3nonc3N)nc3cc(Cl)c(Cl)cc32)cc1. The molecule has 6 aromatic carbocycles. The van der Waals surface area contributed by atoms with Gasteiger partial charge in [-0.15, -0.1) is 10.2 Å². The van der Waals surface area contributed by atoms with E-state index in [0.717, 1.165) is 38.8 Å². The normalized spacial score (nSPS) is 11.1. The van der Waals surface area contributed by atoms with E-state index in [4.69, 9.17) is 102 Å². The number of benzene rings is 6. The fraction of sp³-hybridized carbons (Fsp3) is 0.0588. The number of fused-ring (bicyclic) bond motifs is 3. The second kappa shape index (κ2) is 22.4. The van der Waals surface area contributed by atoms with Gasteiger partial charge in [-0.3, -0.25) is 0 Å². The van der Waals surface area contributed by atoms with Gasteiger partial charge in [0, 0.05) is 25.2 Å². The number of imidazole rings is 3. The van der Waals surface area contributed by atoms with Gasteiger partial charge in [-0.25, -0.2) is 38.5 Å². The zero-order chi connectivity index (χ0) is 54.7. The average molecular weight is 1170 g/mol. The molecule has 0 saturated carbocycles. The molecular formula is C51H29Cl6N19O3. The quantitative estimate of drug-likeness (QED) is 0.121. The van der Waals surface area contributed by atoms with Crippen LogP contribution in [0.2, 0.25) is 30.1 Å². The van der Waals surface area contributed by atoms with E-state index in [9.17, 15) is 0 Å². The topological polar surface area (TPSA) is 259 Å². The molecule has 28 heteroatoms. The van der Waals surface area contributed by atoms with E-state index in [1.165, 1.54) is 12.4 Å². The summed E-state index contributed by atoms with van der Waals surface area (Å²) in [6.45, 7) is 15.6. The van der Waals surface area contributed by atoms with Crippen LogP contribution in [0.5, 0.6) is 0 Å². The molecule has 0 amide bonds. The average Bonchev–Trinajstić information content (AvgIpc) is 4.54. The number of aromatic amines is 1. The van der Waals surface area contributed by atoms with Crippen LogP contribution in [0.25, 0.3) is 88.7 Å². The van der Waals surface area contributed by atoms with Crippen LogP contribution in [0.4, 0.5) is 17.2 Å². The predicted molar refractivity (Wildman–Crippen MR) is 296 cm³/mol. The van der Waals surface area contributed by atoms with Crippen LogP contribution in [0.3, 0.4) is 0 Å². The molecule has 388 valence electrons. The standard InChI is InChI=1S/C17H10Cl2N8O.C17H10Cl2N6O.C17H9Cl2N5O/c18-11-5-13-15(6-12(11)19)27(17(21-13)14-7-20-28-24-14)8-9-1-3-10(4-2-9)16-22-25-26-23-16;1-21-10-4-2-9(3-5-10)8-25-14-7-12(19)11(18)6-13(14)22-17(25)15-16(20)24-26-23-15;1-20-11-4-2-10(3-5-11)9-24-16-7-13(19)12(18)6-14(16)22-17(24)15-8-21-25-23-15/h1-7H,8H2,(H,22,23,25,26);2-7H,8H2,(H2,20,24);2-8H,9H2. The maximum atomic E-state index is 7.06. The fourth-order valence-corrected chi connectivity index (χ4v) is 9.18. The first kappa shape index (κ1) is 51.8. The molecule has 3 N–H and O–H groups in total. The van der Waals surface area contributed by atoms with Gasteiger partial charge < -0.3 is 19.4 Å². The van der Waals surface area contributed by atoms with E-state index in [2.05, 4.69) is 76.2 Å². The molecule has 22 nitrogen and oxygen atoms in total. The lowest BCUT2D eigenvalue weighted by Crippen LogP contribution is -2.03. The van der Waals surface area contributed by atoms with Crippen molar-refractivity contribution in [3.05, 3.63) is 191 Å². The van der Waals surface area contributed by atoms with E-state index >= 15 is 0 Å². The van der Waals surface area contributed by atoms with Crippen molar-refractivity contribution in [1.82, 2.24) is 80.2 Å². The van der Waals surface area contributed by atoms with Crippen LogP contribution < -0.4 is 5.73 Å².